The first-order chi connectivity index (χ1) is 13.2. The van der Waals surface area contributed by atoms with E-state index in [2.05, 4.69) is 9.97 Å². The smallest absolute Gasteiger partial charge is 0.316 e. The summed E-state index contributed by atoms with van der Waals surface area (Å²) in [5.41, 5.74) is 1.65. The largest absolute Gasteiger partial charge is 0.458 e. The van der Waals surface area contributed by atoms with Gasteiger partial charge >= 0.3 is 6.01 Å². The van der Waals surface area contributed by atoms with Crippen LogP contribution < -0.4 is 4.74 Å². The van der Waals surface area contributed by atoms with Crippen molar-refractivity contribution in [3.8, 4) is 11.7 Å². The van der Waals surface area contributed by atoms with Crippen LogP contribution in [-0.2, 0) is 0 Å². The minimum atomic E-state index is -0.508. The van der Waals surface area contributed by atoms with Crippen molar-refractivity contribution >= 4 is 5.91 Å². The number of amides is 1. The first-order valence-corrected chi connectivity index (χ1v) is 8.86. The summed E-state index contributed by atoms with van der Waals surface area (Å²) in [7, 11) is 0. The van der Waals surface area contributed by atoms with E-state index in [1.807, 2.05) is 53.4 Å². The summed E-state index contributed by atoms with van der Waals surface area (Å²) in [6.45, 7) is 1.14. The monoisotopic (exact) mass is 366 g/mol. The molecule has 2 aromatic heterocycles. The molecule has 27 heavy (non-hydrogen) atoms. The Labute approximate surface area is 156 Å². The van der Waals surface area contributed by atoms with E-state index >= 15 is 0 Å². The molecular weight excluding hydrogens is 347 g/mol. The lowest BCUT2D eigenvalue weighted by molar-refractivity contribution is 0.0515. The average Bonchev–Trinajstić information content (AvgIpc) is 3.24. The fourth-order valence-electron chi connectivity index (χ4n) is 3.19. The SMILES string of the molecule is O=C(c1ccc(-n2cccc2)cc1)N1CCCC(Oc2ncc(F)cn2)C1. The highest BCUT2D eigenvalue weighted by atomic mass is 19.1. The van der Waals surface area contributed by atoms with Crippen molar-refractivity contribution in [2.75, 3.05) is 13.1 Å². The number of rotatable bonds is 4. The maximum absolute atomic E-state index is 12.9. The molecular formula is C20H19FN4O2. The minimum absolute atomic E-state index is 0.0256. The lowest BCUT2D eigenvalue weighted by atomic mass is 10.1. The van der Waals surface area contributed by atoms with Crippen LogP contribution in [0.4, 0.5) is 4.39 Å². The molecule has 7 heteroatoms. The third-order valence-corrected chi connectivity index (χ3v) is 4.55. The molecule has 1 aromatic carbocycles. The van der Waals surface area contributed by atoms with Crippen LogP contribution in [0.1, 0.15) is 23.2 Å². The predicted octanol–water partition coefficient (Wildman–Crippen LogP) is 3.09. The van der Waals surface area contributed by atoms with Crippen LogP contribution in [-0.4, -0.2) is 44.5 Å². The minimum Gasteiger partial charge on any atom is -0.458 e. The third-order valence-electron chi connectivity index (χ3n) is 4.55. The Morgan fingerprint density at radius 1 is 1.11 bits per heavy atom. The van der Waals surface area contributed by atoms with Crippen LogP contribution in [0.15, 0.2) is 61.2 Å². The van der Waals surface area contributed by atoms with Gasteiger partial charge in [-0.2, -0.15) is 0 Å². The summed E-state index contributed by atoms with van der Waals surface area (Å²) in [4.78, 5) is 22.2. The van der Waals surface area contributed by atoms with Gasteiger partial charge in [0.1, 0.15) is 6.10 Å². The molecule has 0 saturated carbocycles. The maximum Gasteiger partial charge on any atom is 0.316 e. The molecule has 1 unspecified atom stereocenters. The number of ether oxygens (including phenoxy) is 1. The van der Waals surface area contributed by atoms with Crippen molar-refractivity contribution < 1.29 is 13.9 Å². The van der Waals surface area contributed by atoms with E-state index in [1.165, 1.54) is 0 Å². The highest BCUT2D eigenvalue weighted by molar-refractivity contribution is 5.94. The van der Waals surface area contributed by atoms with Gasteiger partial charge in [0.15, 0.2) is 5.82 Å². The summed E-state index contributed by atoms with van der Waals surface area (Å²) in [5, 5.41) is 0. The van der Waals surface area contributed by atoms with Crippen molar-refractivity contribution in [2.45, 2.75) is 18.9 Å². The zero-order valence-electron chi connectivity index (χ0n) is 14.7. The van der Waals surface area contributed by atoms with E-state index < -0.39 is 5.82 Å². The highest BCUT2D eigenvalue weighted by Gasteiger charge is 2.26. The molecule has 3 heterocycles. The van der Waals surface area contributed by atoms with Gasteiger partial charge in [0.2, 0.25) is 0 Å². The van der Waals surface area contributed by atoms with Crippen LogP contribution in [0.3, 0.4) is 0 Å². The second-order valence-electron chi connectivity index (χ2n) is 6.45. The van der Waals surface area contributed by atoms with Crippen molar-refractivity contribution in [3.63, 3.8) is 0 Å². The van der Waals surface area contributed by atoms with Crippen LogP contribution >= 0.6 is 0 Å². The van der Waals surface area contributed by atoms with E-state index in [0.717, 1.165) is 30.9 Å². The number of aromatic nitrogens is 3. The molecule has 4 rings (SSSR count). The Morgan fingerprint density at radius 2 is 1.81 bits per heavy atom. The predicted molar refractivity (Wildman–Crippen MR) is 97.3 cm³/mol. The Morgan fingerprint density at radius 3 is 2.52 bits per heavy atom. The van der Waals surface area contributed by atoms with Crippen LogP contribution in [0.5, 0.6) is 6.01 Å². The van der Waals surface area contributed by atoms with Gasteiger partial charge in [-0.05, 0) is 49.2 Å². The standard InChI is InChI=1S/C20H19FN4O2/c21-16-12-22-20(23-13-16)27-18-4-3-11-25(14-18)19(26)15-5-7-17(8-6-15)24-9-1-2-10-24/h1-2,5-10,12-13,18H,3-4,11,14H2. The summed E-state index contributed by atoms with van der Waals surface area (Å²) in [6.07, 6.45) is 7.49. The lowest BCUT2D eigenvalue weighted by Gasteiger charge is -2.32. The van der Waals surface area contributed by atoms with E-state index in [4.69, 9.17) is 4.74 Å². The number of halogens is 1. The molecule has 0 aliphatic carbocycles. The fourth-order valence-corrected chi connectivity index (χ4v) is 3.19. The molecule has 1 aliphatic rings. The van der Waals surface area contributed by atoms with Gasteiger partial charge in [0, 0.05) is 30.2 Å². The number of carbonyl (C=O) groups excluding carboxylic acids is 1. The second-order valence-corrected chi connectivity index (χ2v) is 6.45. The lowest BCUT2D eigenvalue weighted by Crippen LogP contribution is -2.44. The van der Waals surface area contributed by atoms with Gasteiger partial charge < -0.3 is 14.2 Å². The molecule has 1 fully saturated rings. The normalized spacial score (nSPS) is 16.9. The number of nitrogens with zero attached hydrogens (tertiary/aromatic N) is 4. The van der Waals surface area contributed by atoms with Gasteiger partial charge in [-0.1, -0.05) is 0 Å². The molecule has 138 valence electrons. The van der Waals surface area contributed by atoms with Crippen molar-refractivity contribution in [1.29, 1.82) is 0 Å². The molecule has 0 radical (unpaired) electrons. The molecule has 1 atom stereocenters. The van der Waals surface area contributed by atoms with Crippen molar-refractivity contribution in [3.05, 3.63) is 72.6 Å². The molecule has 6 nitrogen and oxygen atoms in total. The van der Waals surface area contributed by atoms with Gasteiger partial charge in [-0.15, -0.1) is 0 Å². The number of likely N-dealkylation sites (tertiary alicyclic amines) is 1. The van der Waals surface area contributed by atoms with Crippen LogP contribution in [0, 0.1) is 5.82 Å². The summed E-state index contributed by atoms with van der Waals surface area (Å²) in [6, 6.07) is 11.6. The number of hydrogen-bond donors (Lipinski definition) is 0. The number of benzene rings is 1. The van der Waals surface area contributed by atoms with Crippen LogP contribution in [0.25, 0.3) is 5.69 Å². The highest BCUT2D eigenvalue weighted by Crippen LogP contribution is 2.18. The number of carbonyl (C=O) groups is 1. The summed E-state index contributed by atoms with van der Waals surface area (Å²) in [5.74, 6) is -0.534. The first-order valence-electron chi connectivity index (χ1n) is 8.86. The Bertz CT molecular complexity index is 895. The molecule has 1 amide bonds. The fraction of sp³-hybridized carbons (Fsp3) is 0.250. The van der Waals surface area contributed by atoms with Gasteiger partial charge in [0.05, 0.1) is 18.9 Å². The molecule has 0 N–H and O–H groups in total. The number of piperidine rings is 1. The third kappa shape index (κ3) is 3.97. The molecule has 0 bridgehead atoms. The van der Waals surface area contributed by atoms with E-state index in [9.17, 15) is 9.18 Å². The van der Waals surface area contributed by atoms with Crippen LogP contribution in [0.2, 0.25) is 0 Å². The molecule has 0 spiro atoms. The Kier molecular flexibility index (Phi) is 4.82. The Hall–Kier alpha value is -3.22. The first kappa shape index (κ1) is 17.2. The summed E-state index contributed by atoms with van der Waals surface area (Å²) < 4.78 is 20.6. The van der Waals surface area contributed by atoms with E-state index in [1.54, 1.807) is 4.90 Å². The maximum atomic E-state index is 12.9. The van der Waals surface area contributed by atoms with Crippen molar-refractivity contribution in [1.82, 2.24) is 19.4 Å². The van der Waals surface area contributed by atoms with E-state index in [0.29, 0.717) is 18.7 Å². The van der Waals surface area contributed by atoms with Gasteiger partial charge in [-0.3, -0.25) is 4.79 Å². The van der Waals surface area contributed by atoms with Gasteiger partial charge in [-0.25, -0.2) is 14.4 Å². The zero-order valence-corrected chi connectivity index (χ0v) is 14.7. The zero-order chi connectivity index (χ0) is 18.6. The molecule has 1 aliphatic heterocycles. The van der Waals surface area contributed by atoms with Crippen molar-refractivity contribution in [2.24, 2.45) is 0 Å². The number of hydrogen-bond acceptors (Lipinski definition) is 4. The molecule has 3 aromatic rings. The molecule has 1 saturated heterocycles. The topological polar surface area (TPSA) is 60.2 Å². The second kappa shape index (κ2) is 7.57. The summed E-state index contributed by atoms with van der Waals surface area (Å²) >= 11 is 0. The van der Waals surface area contributed by atoms with Gasteiger partial charge in [0.25, 0.3) is 5.91 Å². The van der Waals surface area contributed by atoms with E-state index in [-0.39, 0.29) is 18.0 Å². The Balaban J connectivity index is 1.41. The average molecular weight is 366 g/mol. The quantitative estimate of drug-likeness (QED) is 0.712.